The Bertz CT molecular complexity index is 134. The summed E-state index contributed by atoms with van der Waals surface area (Å²) in [6.07, 6.45) is 8.75. The van der Waals surface area contributed by atoms with Crippen molar-refractivity contribution in [2.45, 2.75) is 33.1 Å². The normalized spacial score (nSPS) is 17.9. The van der Waals surface area contributed by atoms with E-state index in [-0.39, 0.29) is 0 Å². The van der Waals surface area contributed by atoms with Gasteiger partial charge in [-0.15, -0.1) is 0 Å². The summed E-state index contributed by atoms with van der Waals surface area (Å²) in [5.74, 6) is 1.72. The fourth-order valence-corrected chi connectivity index (χ4v) is 1.15. The molecular formula is C11H21N. The van der Waals surface area contributed by atoms with Crippen LogP contribution in [-0.2, 0) is 0 Å². The smallest absolute Gasteiger partial charge is 0.00142 e. The third kappa shape index (κ3) is 5.36. The highest BCUT2D eigenvalue weighted by Crippen LogP contribution is 2.29. The van der Waals surface area contributed by atoms with Crippen molar-refractivity contribution in [3.05, 3.63) is 12.2 Å². The summed E-state index contributed by atoms with van der Waals surface area (Å²) >= 11 is 0. The summed E-state index contributed by atoms with van der Waals surface area (Å²) < 4.78 is 0. The lowest BCUT2D eigenvalue weighted by Crippen LogP contribution is -2.20. The molecule has 1 aliphatic rings. The van der Waals surface area contributed by atoms with E-state index < -0.39 is 0 Å². The predicted molar refractivity (Wildman–Crippen MR) is 54.2 cm³/mol. The van der Waals surface area contributed by atoms with Crippen LogP contribution < -0.4 is 5.32 Å². The van der Waals surface area contributed by atoms with Gasteiger partial charge in [0.05, 0.1) is 0 Å². The molecule has 0 aromatic heterocycles. The van der Waals surface area contributed by atoms with E-state index in [2.05, 4.69) is 31.3 Å². The lowest BCUT2D eigenvalue weighted by atomic mass is 10.2. The Hall–Kier alpha value is -0.300. The van der Waals surface area contributed by atoms with Crippen LogP contribution in [0.3, 0.4) is 0 Å². The molecule has 1 N–H and O–H groups in total. The zero-order valence-corrected chi connectivity index (χ0v) is 8.34. The second-order valence-electron chi connectivity index (χ2n) is 4.15. The topological polar surface area (TPSA) is 12.0 Å². The highest BCUT2D eigenvalue weighted by atomic mass is 14.8. The van der Waals surface area contributed by atoms with Crippen molar-refractivity contribution in [2.24, 2.45) is 11.8 Å². The molecule has 0 aliphatic heterocycles. The molecule has 1 fully saturated rings. The molecule has 12 heavy (non-hydrogen) atoms. The van der Waals surface area contributed by atoms with Gasteiger partial charge in [-0.25, -0.2) is 0 Å². The summed E-state index contributed by atoms with van der Waals surface area (Å²) in [5.41, 5.74) is 0. The Morgan fingerprint density at radius 2 is 2.17 bits per heavy atom. The SMILES string of the molecule is CC(C)CNCCC=CC1CC1. The summed E-state index contributed by atoms with van der Waals surface area (Å²) in [6.45, 7) is 6.78. The molecule has 0 amide bonds. The van der Waals surface area contributed by atoms with Gasteiger partial charge in [0, 0.05) is 0 Å². The van der Waals surface area contributed by atoms with Gasteiger partial charge in [-0.1, -0.05) is 26.0 Å². The standard InChI is InChI=1S/C11H21N/c1-10(2)9-12-8-4-3-5-11-6-7-11/h3,5,10-12H,4,6-9H2,1-2H3. The first-order chi connectivity index (χ1) is 5.79. The molecule has 0 bridgehead atoms. The fourth-order valence-electron chi connectivity index (χ4n) is 1.15. The lowest BCUT2D eigenvalue weighted by Gasteiger charge is -2.04. The maximum absolute atomic E-state index is 3.43. The Labute approximate surface area is 76.2 Å². The molecule has 1 rings (SSSR count). The minimum atomic E-state index is 0.775. The van der Waals surface area contributed by atoms with Crippen molar-refractivity contribution in [3.8, 4) is 0 Å². The predicted octanol–water partition coefficient (Wildman–Crippen LogP) is 2.59. The molecule has 0 aromatic rings. The van der Waals surface area contributed by atoms with E-state index in [0.29, 0.717) is 0 Å². The molecule has 1 heteroatoms. The average molecular weight is 167 g/mol. The first-order valence-corrected chi connectivity index (χ1v) is 5.16. The first kappa shape index (κ1) is 9.79. The molecule has 0 aromatic carbocycles. The summed E-state index contributed by atoms with van der Waals surface area (Å²) in [5, 5.41) is 3.43. The zero-order chi connectivity index (χ0) is 8.81. The van der Waals surface area contributed by atoms with E-state index in [1.165, 1.54) is 19.3 Å². The highest BCUT2D eigenvalue weighted by molar-refractivity contribution is 4.95. The molecule has 1 nitrogen and oxygen atoms in total. The van der Waals surface area contributed by atoms with Gasteiger partial charge in [-0.3, -0.25) is 0 Å². The minimum Gasteiger partial charge on any atom is -0.316 e. The average Bonchev–Trinajstić information content (AvgIpc) is 2.79. The summed E-state index contributed by atoms with van der Waals surface area (Å²) in [7, 11) is 0. The van der Waals surface area contributed by atoms with Crippen molar-refractivity contribution in [2.75, 3.05) is 13.1 Å². The second-order valence-corrected chi connectivity index (χ2v) is 4.15. The third-order valence-corrected chi connectivity index (χ3v) is 2.07. The largest absolute Gasteiger partial charge is 0.316 e. The van der Waals surface area contributed by atoms with Gasteiger partial charge in [-0.2, -0.15) is 0 Å². The van der Waals surface area contributed by atoms with Gasteiger partial charge in [0.2, 0.25) is 0 Å². The van der Waals surface area contributed by atoms with Crippen molar-refractivity contribution >= 4 is 0 Å². The molecule has 0 atom stereocenters. The molecule has 1 saturated carbocycles. The van der Waals surface area contributed by atoms with E-state index >= 15 is 0 Å². The van der Waals surface area contributed by atoms with Gasteiger partial charge in [0.15, 0.2) is 0 Å². The van der Waals surface area contributed by atoms with Gasteiger partial charge in [0.1, 0.15) is 0 Å². The monoisotopic (exact) mass is 167 g/mol. The van der Waals surface area contributed by atoms with Crippen LogP contribution in [0.4, 0.5) is 0 Å². The molecule has 1 aliphatic carbocycles. The van der Waals surface area contributed by atoms with Crippen LogP contribution in [-0.4, -0.2) is 13.1 Å². The quantitative estimate of drug-likeness (QED) is 0.473. The molecular weight excluding hydrogens is 146 g/mol. The van der Waals surface area contributed by atoms with E-state index in [9.17, 15) is 0 Å². The second kappa shape index (κ2) is 5.36. The Morgan fingerprint density at radius 1 is 1.42 bits per heavy atom. The molecule has 0 unspecified atom stereocenters. The lowest BCUT2D eigenvalue weighted by molar-refractivity contribution is 0.556. The maximum Gasteiger partial charge on any atom is -0.00142 e. The fraction of sp³-hybridized carbons (Fsp3) is 0.818. The maximum atomic E-state index is 3.43. The van der Waals surface area contributed by atoms with Crippen LogP contribution >= 0.6 is 0 Å². The van der Waals surface area contributed by atoms with E-state index in [4.69, 9.17) is 0 Å². The van der Waals surface area contributed by atoms with Gasteiger partial charge >= 0.3 is 0 Å². The number of rotatable bonds is 6. The van der Waals surface area contributed by atoms with Gasteiger partial charge < -0.3 is 5.32 Å². The third-order valence-electron chi connectivity index (χ3n) is 2.07. The number of nitrogens with one attached hydrogen (secondary N) is 1. The van der Waals surface area contributed by atoms with Gasteiger partial charge in [-0.05, 0) is 44.2 Å². The minimum absolute atomic E-state index is 0.775. The Morgan fingerprint density at radius 3 is 2.75 bits per heavy atom. The summed E-state index contributed by atoms with van der Waals surface area (Å²) in [4.78, 5) is 0. The van der Waals surface area contributed by atoms with Crippen LogP contribution in [0, 0.1) is 11.8 Å². The number of allylic oxidation sites excluding steroid dienone is 1. The number of hydrogen-bond donors (Lipinski definition) is 1. The molecule has 0 spiro atoms. The Balaban J connectivity index is 1.81. The molecule has 0 saturated heterocycles. The van der Waals surface area contributed by atoms with Crippen molar-refractivity contribution in [3.63, 3.8) is 0 Å². The molecule has 0 radical (unpaired) electrons. The first-order valence-electron chi connectivity index (χ1n) is 5.16. The van der Waals surface area contributed by atoms with E-state index in [1.54, 1.807) is 0 Å². The summed E-state index contributed by atoms with van der Waals surface area (Å²) in [6, 6.07) is 0. The highest BCUT2D eigenvalue weighted by Gasteiger charge is 2.16. The Kier molecular flexibility index (Phi) is 4.37. The van der Waals surface area contributed by atoms with Gasteiger partial charge in [0.25, 0.3) is 0 Å². The van der Waals surface area contributed by atoms with Crippen LogP contribution in [0.2, 0.25) is 0 Å². The van der Waals surface area contributed by atoms with Crippen molar-refractivity contribution < 1.29 is 0 Å². The number of hydrogen-bond acceptors (Lipinski definition) is 1. The van der Waals surface area contributed by atoms with Crippen LogP contribution in [0.1, 0.15) is 33.1 Å². The zero-order valence-electron chi connectivity index (χ0n) is 8.34. The van der Waals surface area contributed by atoms with Crippen LogP contribution in [0.25, 0.3) is 0 Å². The van der Waals surface area contributed by atoms with Crippen LogP contribution in [0.15, 0.2) is 12.2 Å². The van der Waals surface area contributed by atoms with Crippen molar-refractivity contribution in [1.82, 2.24) is 5.32 Å². The molecule has 70 valence electrons. The molecule has 0 heterocycles. The van der Waals surface area contributed by atoms with E-state index in [0.717, 1.165) is 24.9 Å². The van der Waals surface area contributed by atoms with Crippen molar-refractivity contribution in [1.29, 1.82) is 0 Å². The van der Waals surface area contributed by atoms with E-state index in [1.807, 2.05) is 0 Å². The van der Waals surface area contributed by atoms with Crippen LogP contribution in [0.5, 0.6) is 0 Å².